The Morgan fingerprint density at radius 3 is 2.15 bits per heavy atom. The second kappa shape index (κ2) is 6.80. The molecule has 0 bridgehead atoms. The Morgan fingerprint density at radius 2 is 1.55 bits per heavy atom. The van der Waals surface area contributed by atoms with Crippen molar-refractivity contribution in [1.82, 2.24) is 0 Å². The van der Waals surface area contributed by atoms with Crippen molar-refractivity contribution >= 4 is 18.2 Å². The van der Waals surface area contributed by atoms with Gasteiger partial charge in [-0.15, -0.1) is 0 Å². The second-order valence-corrected chi connectivity index (χ2v) is 9.29. The zero-order chi connectivity index (χ0) is 14.4. The molecule has 0 aliphatic heterocycles. The van der Waals surface area contributed by atoms with Gasteiger partial charge in [0, 0.05) is 0 Å². The molecule has 4 nitrogen and oxygen atoms in total. The molecule has 0 fully saturated rings. The third kappa shape index (κ3) is 4.27. The molecule has 0 saturated heterocycles. The van der Waals surface area contributed by atoms with Crippen molar-refractivity contribution in [3.8, 4) is 5.75 Å². The summed E-state index contributed by atoms with van der Waals surface area (Å²) in [6.07, 6.45) is -0.967. The monoisotopic (exact) mass is 336 g/mol. The topological polar surface area (TPSA) is 66.8 Å². The normalized spacial score (nSPS) is 15.3. The first kappa shape index (κ1) is 14.9. The maximum absolute atomic E-state index is 12.2. The van der Waals surface area contributed by atoms with Gasteiger partial charge in [-0.2, -0.15) is 0 Å². The average Bonchev–Trinajstić information content (AvgIpc) is 2.47. The van der Waals surface area contributed by atoms with Crippen LogP contribution in [0.2, 0.25) is 5.21 Å². The van der Waals surface area contributed by atoms with Crippen LogP contribution in [-0.4, -0.2) is 35.7 Å². The number of hydrogen-bond acceptors (Lipinski definition) is 3. The minimum atomic E-state index is -4.23. The van der Waals surface area contributed by atoms with E-state index in [0.717, 1.165) is 0 Å². The number of benzene rings is 2. The van der Waals surface area contributed by atoms with Gasteiger partial charge in [0.2, 0.25) is 0 Å². The Bertz CT molecular complexity index is 571. The zero-order valence-corrected chi connectivity index (χ0v) is 12.8. The van der Waals surface area contributed by atoms with Crippen LogP contribution in [0.5, 0.6) is 5.75 Å². The summed E-state index contributed by atoms with van der Waals surface area (Å²) in [4.78, 5) is 0. The summed E-state index contributed by atoms with van der Waals surface area (Å²) in [7, 11) is 0. The van der Waals surface area contributed by atoms with Gasteiger partial charge in [-0.1, -0.05) is 0 Å². The summed E-state index contributed by atoms with van der Waals surface area (Å²) in [5, 5.41) is 9.71. The molecule has 2 aromatic carbocycles. The van der Waals surface area contributed by atoms with Gasteiger partial charge in [-0.25, -0.2) is 0 Å². The maximum atomic E-state index is 12.2. The quantitative estimate of drug-likeness (QED) is 0.778. The third-order valence-electron chi connectivity index (χ3n) is 2.80. The molecule has 0 saturated carbocycles. The molecule has 2 rings (SSSR count). The molecule has 106 valence electrons. The Balaban J connectivity index is 1.91. The Morgan fingerprint density at radius 1 is 1.00 bits per heavy atom. The fraction of sp³-hybridized carbons (Fsp3) is 0.200. The van der Waals surface area contributed by atoms with E-state index in [4.69, 9.17) is 4.74 Å². The number of ether oxygens (including phenoxy) is 1. The van der Waals surface area contributed by atoms with E-state index in [9.17, 15) is 12.9 Å². The van der Waals surface area contributed by atoms with Gasteiger partial charge < -0.3 is 0 Å². The van der Waals surface area contributed by atoms with Crippen molar-refractivity contribution in [3.63, 3.8) is 0 Å². The number of aliphatic hydroxyl groups is 1. The summed E-state index contributed by atoms with van der Waals surface area (Å²) < 4.78 is 28.1. The molecule has 0 heterocycles. The van der Waals surface area contributed by atoms with E-state index in [0.29, 0.717) is 10.1 Å². The first-order valence-corrected chi connectivity index (χ1v) is 10.2. The predicted octanol–water partition coefficient (Wildman–Crippen LogP) is 1.20. The van der Waals surface area contributed by atoms with Crippen molar-refractivity contribution in [2.75, 3.05) is 6.61 Å². The van der Waals surface area contributed by atoms with Crippen LogP contribution in [0.3, 0.4) is 0 Å². The van der Waals surface area contributed by atoms with Crippen LogP contribution >= 0.6 is 0 Å². The minimum absolute atomic E-state index is 0.00269. The fourth-order valence-electron chi connectivity index (χ4n) is 1.81. The van der Waals surface area contributed by atoms with E-state index in [-0.39, 0.29) is 11.8 Å². The second-order valence-electron chi connectivity index (χ2n) is 4.50. The molecule has 0 amide bonds. The van der Waals surface area contributed by atoms with E-state index in [2.05, 4.69) is 0 Å². The summed E-state index contributed by atoms with van der Waals surface area (Å²) in [5.74, 6) is 0.631. The van der Waals surface area contributed by atoms with Crippen molar-refractivity contribution in [2.45, 2.75) is 11.3 Å². The van der Waals surface area contributed by atoms with Gasteiger partial charge in [-0.05, 0) is 0 Å². The number of aliphatic hydroxyl groups excluding tert-OH is 1. The van der Waals surface area contributed by atoms with Gasteiger partial charge in [0.15, 0.2) is 0 Å². The van der Waals surface area contributed by atoms with Gasteiger partial charge in [-0.3, -0.25) is 0 Å². The zero-order valence-electron chi connectivity index (χ0n) is 10.9. The van der Waals surface area contributed by atoms with Crippen LogP contribution in [0.1, 0.15) is 0 Å². The molecule has 2 atom stereocenters. The summed E-state index contributed by atoms with van der Waals surface area (Å²) in [5.41, 5.74) is 0. The van der Waals surface area contributed by atoms with Crippen molar-refractivity contribution < 1.29 is 17.7 Å². The number of para-hydroxylation sites is 1. The van der Waals surface area contributed by atoms with E-state index >= 15 is 0 Å². The third-order valence-corrected chi connectivity index (χ3v) is 7.04. The Kier molecular flexibility index (Phi) is 5.07. The molecule has 0 spiro atoms. The van der Waals surface area contributed by atoms with Crippen LogP contribution in [0, 0.1) is 0 Å². The molecular formula is C15H17AsO4. The summed E-state index contributed by atoms with van der Waals surface area (Å²) in [6, 6.07) is 17.5. The van der Waals surface area contributed by atoms with Crippen LogP contribution in [0.15, 0.2) is 60.7 Å². The van der Waals surface area contributed by atoms with Crippen LogP contribution in [0.4, 0.5) is 0 Å². The van der Waals surface area contributed by atoms with Crippen molar-refractivity contribution in [2.24, 2.45) is 0 Å². The van der Waals surface area contributed by atoms with E-state index in [1.54, 1.807) is 42.5 Å². The van der Waals surface area contributed by atoms with Gasteiger partial charge in [0.25, 0.3) is 0 Å². The number of hydrogen-bond donors (Lipinski definition) is 2. The van der Waals surface area contributed by atoms with Crippen LogP contribution < -0.4 is 9.09 Å². The Labute approximate surface area is 120 Å². The van der Waals surface area contributed by atoms with Gasteiger partial charge in [0.05, 0.1) is 0 Å². The molecule has 2 aromatic rings. The Hall–Kier alpha value is -1.48. The SMILES string of the molecule is O=[As](O)(CC(O)COc1ccccc1)c1ccccc1. The first-order valence-electron chi connectivity index (χ1n) is 6.31. The summed E-state index contributed by atoms with van der Waals surface area (Å²) >= 11 is -4.23. The first-order chi connectivity index (χ1) is 9.58. The average molecular weight is 336 g/mol. The molecular weight excluding hydrogens is 319 g/mol. The van der Waals surface area contributed by atoms with Crippen molar-refractivity contribution in [1.29, 1.82) is 0 Å². The van der Waals surface area contributed by atoms with E-state index in [1.165, 1.54) is 0 Å². The molecule has 0 radical (unpaired) electrons. The molecule has 0 aliphatic carbocycles. The summed E-state index contributed by atoms with van der Waals surface area (Å²) in [6.45, 7) is 0.00269. The van der Waals surface area contributed by atoms with Crippen molar-refractivity contribution in [3.05, 3.63) is 60.7 Å². The predicted molar refractivity (Wildman–Crippen MR) is 77.5 cm³/mol. The standard InChI is InChI=1S/C15H17AsO4/c17-14(12-20-15-9-5-2-6-10-15)11-16(18,19)13-7-3-1-4-8-13/h1-10,14,17H,11-12H2,(H,18,19). The molecule has 20 heavy (non-hydrogen) atoms. The van der Waals surface area contributed by atoms with Gasteiger partial charge in [0.1, 0.15) is 0 Å². The molecule has 0 aliphatic rings. The van der Waals surface area contributed by atoms with E-state index in [1.807, 2.05) is 18.2 Å². The van der Waals surface area contributed by atoms with E-state index < -0.39 is 19.9 Å². The van der Waals surface area contributed by atoms with Crippen LogP contribution in [0.25, 0.3) is 0 Å². The molecule has 0 aromatic heterocycles. The fourth-order valence-corrected chi connectivity index (χ4v) is 5.01. The molecule has 2 unspecified atom stereocenters. The van der Waals surface area contributed by atoms with Gasteiger partial charge >= 0.3 is 120 Å². The molecule has 2 N–H and O–H groups in total. The van der Waals surface area contributed by atoms with Crippen LogP contribution in [-0.2, 0) is 3.74 Å². The molecule has 5 heteroatoms. The number of rotatable bonds is 6.